The first-order chi connectivity index (χ1) is 19.5. The van der Waals surface area contributed by atoms with Crippen molar-refractivity contribution in [2.75, 3.05) is 12.3 Å². The molecule has 0 aliphatic heterocycles. The Hall–Kier alpha value is -5.59. The van der Waals surface area contributed by atoms with E-state index in [1.165, 1.54) is 23.0 Å². The van der Waals surface area contributed by atoms with E-state index in [0.29, 0.717) is 40.5 Å². The topological polar surface area (TPSA) is 156 Å². The number of rotatable bonds is 10. The summed E-state index contributed by atoms with van der Waals surface area (Å²) >= 11 is 0. The first-order valence-electron chi connectivity index (χ1n) is 12.1. The van der Waals surface area contributed by atoms with Crippen molar-refractivity contribution < 1.29 is 23.3 Å². The number of aromatic nitrogens is 5. The SMILES string of the molecule is CCOc1cc(/C=N/NC(=O)c2nnn(-c3nonc3N)c2-c2ccccc2)ccc1OCc1cccc(F)c1. The van der Waals surface area contributed by atoms with Crippen molar-refractivity contribution in [3.63, 3.8) is 0 Å². The van der Waals surface area contributed by atoms with Crippen molar-refractivity contribution in [2.24, 2.45) is 5.10 Å². The summed E-state index contributed by atoms with van der Waals surface area (Å²) in [7, 11) is 0. The molecule has 0 saturated heterocycles. The van der Waals surface area contributed by atoms with Gasteiger partial charge in [-0.1, -0.05) is 47.7 Å². The van der Waals surface area contributed by atoms with Crippen LogP contribution in [-0.4, -0.2) is 44.0 Å². The number of benzene rings is 3. The minimum absolute atomic E-state index is 0.0122. The fraction of sp³-hybridized carbons (Fsp3) is 0.111. The van der Waals surface area contributed by atoms with Crippen molar-refractivity contribution in [3.05, 3.63) is 95.4 Å². The number of hydrogen-bond donors (Lipinski definition) is 2. The summed E-state index contributed by atoms with van der Waals surface area (Å²) in [4.78, 5) is 13.1. The second-order valence-corrected chi connectivity index (χ2v) is 8.29. The summed E-state index contributed by atoms with van der Waals surface area (Å²) in [5.74, 6) is 0.0897. The van der Waals surface area contributed by atoms with Gasteiger partial charge in [-0.25, -0.2) is 14.4 Å². The molecule has 0 aliphatic carbocycles. The Balaban J connectivity index is 1.33. The quantitative estimate of drug-likeness (QED) is 0.198. The zero-order chi connectivity index (χ0) is 27.9. The number of ether oxygens (including phenoxy) is 2. The molecule has 2 heterocycles. The Bertz CT molecular complexity index is 1650. The van der Waals surface area contributed by atoms with Crippen LogP contribution in [0.3, 0.4) is 0 Å². The number of hydrazone groups is 1. The molecule has 13 heteroatoms. The Morgan fingerprint density at radius 2 is 1.93 bits per heavy atom. The first kappa shape index (κ1) is 26.0. The lowest BCUT2D eigenvalue weighted by Gasteiger charge is -2.12. The lowest BCUT2D eigenvalue weighted by Crippen LogP contribution is -2.19. The Kier molecular flexibility index (Phi) is 7.72. The van der Waals surface area contributed by atoms with Gasteiger partial charge in [0, 0.05) is 5.56 Å². The summed E-state index contributed by atoms with van der Waals surface area (Å²) in [5, 5.41) is 19.4. The van der Waals surface area contributed by atoms with Crippen molar-refractivity contribution in [3.8, 4) is 28.6 Å². The third kappa shape index (κ3) is 5.78. The molecule has 0 aliphatic rings. The van der Waals surface area contributed by atoms with Gasteiger partial charge in [0.15, 0.2) is 17.2 Å². The lowest BCUT2D eigenvalue weighted by molar-refractivity contribution is 0.0950. The molecule has 0 atom stereocenters. The van der Waals surface area contributed by atoms with E-state index >= 15 is 0 Å². The van der Waals surface area contributed by atoms with E-state index in [-0.39, 0.29) is 29.8 Å². The predicted molar refractivity (Wildman–Crippen MR) is 142 cm³/mol. The van der Waals surface area contributed by atoms with E-state index in [1.54, 1.807) is 54.6 Å². The third-order valence-electron chi connectivity index (χ3n) is 5.56. The largest absolute Gasteiger partial charge is 0.490 e. The van der Waals surface area contributed by atoms with Gasteiger partial charge in [-0.3, -0.25) is 4.79 Å². The van der Waals surface area contributed by atoms with Gasteiger partial charge in [0.2, 0.25) is 11.6 Å². The molecule has 0 spiro atoms. The number of anilines is 1. The molecule has 0 fully saturated rings. The zero-order valence-electron chi connectivity index (χ0n) is 21.2. The van der Waals surface area contributed by atoms with Crippen LogP contribution in [0.5, 0.6) is 11.5 Å². The summed E-state index contributed by atoms with van der Waals surface area (Å²) in [6.45, 7) is 2.41. The molecule has 202 valence electrons. The molecule has 2 aromatic heterocycles. The van der Waals surface area contributed by atoms with Gasteiger partial charge >= 0.3 is 0 Å². The van der Waals surface area contributed by atoms with E-state index in [0.717, 1.165) is 0 Å². The van der Waals surface area contributed by atoms with Crippen LogP contribution in [0.15, 0.2) is 82.5 Å². The van der Waals surface area contributed by atoms with E-state index in [4.69, 9.17) is 15.2 Å². The average Bonchev–Trinajstić information content (AvgIpc) is 3.59. The molecular formula is C27H23FN8O4. The Morgan fingerprint density at radius 3 is 2.67 bits per heavy atom. The van der Waals surface area contributed by atoms with E-state index in [9.17, 15) is 9.18 Å². The highest BCUT2D eigenvalue weighted by atomic mass is 19.1. The van der Waals surface area contributed by atoms with Crippen LogP contribution in [0.25, 0.3) is 17.1 Å². The van der Waals surface area contributed by atoms with E-state index in [2.05, 4.69) is 35.8 Å². The molecule has 5 aromatic rings. The number of carbonyl (C=O) groups excluding carboxylic acids is 1. The maximum absolute atomic E-state index is 13.5. The number of nitrogens with two attached hydrogens (primary N) is 1. The monoisotopic (exact) mass is 542 g/mol. The average molecular weight is 543 g/mol. The predicted octanol–water partition coefficient (Wildman–Crippen LogP) is 3.78. The van der Waals surface area contributed by atoms with Crippen LogP contribution in [0, 0.1) is 5.82 Å². The molecule has 3 N–H and O–H groups in total. The number of hydrogen-bond acceptors (Lipinski definition) is 10. The molecular weight excluding hydrogens is 519 g/mol. The molecule has 1 amide bonds. The fourth-order valence-corrected chi connectivity index (χ4v) is 3.77. The van der Waals surface area contributed by atoms with Gasteiger partial charge in [0.05, 0.1) is 12.8 Å². The van der Waals surface area contributed by atoms with Gasteiger partial charge in [-0.15, -0.1) is 5.10 Å². The van der Waals surface area contributed by atoms with Crippen LogP contribution in [0.1, 0.15) is 28.5 Å². The van der Waals surface area contributed by atoms with Gasteiger partial charge in [-0.05, 0) is 58.7 Å². The number of nitrogens with zero attached hydrogens (tertiary/aromatic N) is 6. The van der Waals surface area contributed by atoms with Gasteiger partial charge in [0.1, 0.15) is 18.1 Å². The number of halogens is 1. The normalized spacial score (nSPS) is 11.1. The fourth-order valence-electron chi connectivity index (χ4n) is 3.77. The molecule has 0 saturated carbocycles. The van der Waals surface area contributed by atoms with Crippen molar-refractivity contribution in [1.82, 2.24) is 30.7 Å². The highest BCUT2D eigenvalue weighted by Gasteiger charge is 2.25. The van der Waals surface area contributed by atoms with Gasteiger partial charge in [0.25, 0.3) is 5.91 Å². The number of amides is 1. The maximum Gasteiger partial charge on any atom is 0.294 e. The van der Waals surface area contributed by atoms with Crippen LogP contribution >= 0.6 is 0 Å². The molecule has 0 bridgehead atoms. The second-order valence-electron chi connectivity index (χ2n) is 8.29. The van der Waals surface area contributed by atoms with Crippen LogP contribution in [0.2, 0.25) is 0 Å². The van der Waals surface area contributed by atoms with E-state index < -0.39 is 5.91 Å². The smallest absolute Gasteiger partial charge is 0.294 e. The number of nitrogen functional groups attached to an aromatic ring is 1. The second kappa shape index (κ2) is 11.9. The van der Waals surface area contributed by atoms with Crippen molar-refractivity contribution >= 4 is 17.9 Å². The molecule has 5 rings (SSSR count). The van der Waals surface area contributed by atoms with E-state index in [1.807, 2.05) is 13.0 Å². The molecule has 12 nitrogen and oxygen atoms in total. The van der Waals surface area contributed by atoms with Crippen LogP contribution in [-0.2, 0) is 6.61 Å². The maximum atomic E-state index is 13.5. The highest BCUT2D eigenvalue weighted by Crippen LogP contribution is 2.29. The minimum Gasteiger partial charge on any atom is -0.490 e. The molecule has 0 unspecified atom stereocenters. The van der Waals surface area contributed by atoms with Gasteiger partial charge in [-0.2, -0.15) is 9.78 Å². The van der Waals surface area contributed by atoms with Crippen LogP contribution in [0.4, 0.5) is 10.2 Å². The third-order valence-corrected chi connectivity index (χ3v) is 5.56. The van der Waals surface area contributed by atoms with Crippen molar-refractivity contribution in [1.29, 1.82) is 0 Å². The minimum atomic E-state index is -0.614. The first-order valence-corrected chi connectivity index (χ1v) is 12.1. The summed E-state index contributed by atoms with van der Waals surface area (Å²) < 4.78 is 31.0. The molecule has 0 radical (unpaired) electrons. The lowest BCUT2D eigenvalue weighted by atomic mass is 10.1. The summed E-state index contributed by atoms with van der Waals surface area (Å²) in [6.07, 6.45) is 1.45. The van der Waals surface area contributed by atoms with Crippen LogP contribution < -0.4 is 20.6 Å². The standard InChI is InChI=1S/C27H23FN8O4/c1-2-38-22-14-17(11-12-21(22)39-16-18-7-6-10-20(28)13-18)15-30-32-27(37)23-24(19-8-4-3-5-9-19)36(35-31-23)26-25(29)33-40-34-26/h3-15H,2,16H2,1H3,(H2,29,33)(H,32,37)/b30-15+. The highest BCUT2D eigenvalue weighted by molar-refractivity contribution is 5.98. The molecule has 3 aromatic carbocycles. The number of carbonyl (C=O) groups is 1. The van der Waals surface area contributed by atoms with Gasteiger partial charge < -0.3 is 15.2 Å². The number of nitrogens with one attached hydrogen (secondary N) is 1. The summed E-state index contributed by atoms with van der Waals surface area (Å²) in [5.41, 5.74) is 10.6. The summed E-state index contributed by atoms with van der Waals surface area (Å²) in [6, 6.07) is 20.3. The molecule has 40 heavy (non-hydrogen) atoms. The zero-order valence-corrected chi connectivity index (χ0v) is 21.2. The van der Waals surface area contributed by atoms with Crippen molar-refractivity contribution in [2.45, 2.75) is 13.5 Å². The Labute approximate surface area is 227 Å². The Morgan fingerprint density at radius 1 is 1.07 bits per heavy atom.